The highest BCUT2D eigenvalue weighted by molar-refractivity contribution is 7.13. The highest BCUT2D eigenvalue weighted by atomic mass is 32.1. The van der Waals surface area contributed by atoms with Gasteiger partial charge in [-0.1, -0.05) is 0 Å². The largest absolute Gasteiger partial charge is 0.351 e. The van der Waals surface area contributed by atoms with Gasteiger partial charge in [0.2, 0.25) is 5.91 Å². The van der Waals surface area contributed by atoms with Crippen LogP contribution in [0.3, 0.4) is 0 Å². The second-order valence-electron chi connectivity index (χ2n) is 6.63. The summed E-state index contributed by atoms with van der Waals surface area (Å²) in [7, 11) is 0. The first-order chi connectivity index (χ1) is 12.4. The molecule has 26 heavy (non-hydrogen) atoms. The second-order valence-corrected chi connectivity index (χ2v) is 7.49. The van der Waals surface area contributed by atoms with Gasteiger partial charge in [-0.2, -0.15) is 0 Å². The number of hydrogen-bond acceptors (Lipinski definition) is 4. The van der Waals surface area contributed by atoms with Crippen molar-refractivity contribution in [3.63, 3.8) is 0 Å². The quantitative estimate of drug-likeness (QED) is 0.704. The highest BCUT2D eigenvalue weighted by Gasteiger charge is 2.12. The van der Waals surface area contributed by atoms with E-state index < -0.39 is 0 Å². The Morgan fingerprint density at radius 2 is 1.88 bits per heavy atom. The molecule has 0 bridgehead atoms. The Morgan fingerprint density at radius 3 is 2.50 bits per heavy atom. The molecule has 6 heteroatoms. The van der Waals surface area contributed by atoms with Gasteiger partial charge < -0.3 is 5.32 Å². The molecule has 1 heterocycles. The molecule has 2 rings (SSSR count). The third-order valence-electron chi connectivity index (χ3n) is 4.01. The number of benzene rings is 1. The van der Waals surface area contributed by atoms with Crippen LogP contribution in [-0.2, 0) is 4.79 Å². The van der Waals surface area contributed by atoms with Crippen LogP contribution in [-0.4, -0.2) is 41.0 Å². The maximum Gasteiger partial charge on any atom is 0.244 e. The minimum Gasteiger partial charge on any atom is -0.351 e. The van der Waals surface area contributed by atoms with E-state index in [2.05, 4.69) is 42.9 Å². The van der Waals surface area contributed by atoms with E-state index in [0.717, 1.165) is 22.8 Å². The van der Waals surface area contributed by atoms with Gasteiger partial charge in [0.15, 0.2) is 0 Å². The summed E-state index contributed by atoms with van der Waals surface area (Å²) in [5.74, 6) is -0.399. The predicted molar refractivity (Wildman–Crippen MR) is 107 cm³/mol. The summed E-state index contributed by atoms with van der Waals surface area (Å²) in [5.41, 5.74) is 1.58. The van der Waals surface area contributed by atoms with Crippen molar-refractivity contribution in [3.8, 4) is 10.6 Å². The van der Waals surface area contributed by atoms with Crippen molar-refractivity contribution >= 4 is 23.3 Å². The fourth-order valence-electron chi connectivity index (χ4n) is 2.73. The monoisotopic (exact) mass is 375 g/mol. The Morgan fingerprint density at radius 1 is 1.23 bits per heavy atom. The van der Waals surface area contributed by atoms with Crippen LogP contribution in [0.25, 0.3) is 16.6 Å². The van der Waals surface area contributed by atoms with Crippen LogP contribution < -0.4 is 5.32 Å². The molecule has 0 saturated heterocycles. The fraction of sp³-hybridized carbons (Fsp3) is 0.400. The summed E-state index contributed by atoms with van der Waals surface area (Å²) in [5, 5.41) is 5.58. The summed E-state index contributed by atoms with van der Waals surface area (Å²) >= 11 is 1.47. The first-order valence-corrected chi connectivity index (χ1v) is 9.68. The molecule has 1 aromatic heterocycles. The van der Waals surface area contributed by atoms with Crippen molar-refractivity contribution in [2.24, 2.45) is 0 Å². The van der Waals surface area contributed by atoms with Gasteiger partial charge in [0.25, 0.3) is 0 Å². The van der Waals surface area contributed by atoms with Gasteiger partial charge in [-0.3, -0.25) is 9.69 Å². The number of nitrogens with one attached hydrogen (secondary N) is 1. The van der Waals surface area contributed by atoms with E-state index in [4.69, 9.17) is 0 Å². The summed E-state index contributed by atoms with van der Waals surface area (Å²) in [6, 6.07) is 7.12. The smallest absolute Gasteiger partial charge is 0.244 e. The van der Waals surface area contributed by atoms with Crippen LogP contribution in [0, 0.1) is 5.82 Å². The maximum absolute atomic E-state index is 13.0. The molecule has 0 aliphatic rings. The minimum absolute atomic E-state index is 0.131. The molecule has 0 atom stereocenters. The molecule has 4 nitrogen and oxygen atoms in total. The van der Waals surface area contributed by atoms with Gasteiger partial charge in [-0.05, 0) is 58.0 Å². The molecule has 0 spiro atoms. The van der Waals surface area contributed by atoms with Gasteiger partial charge >= 0.3 is 0 Å². The standard InChI is InChI=1S/C20H26FN3OS/c1-14(2)24(15(3)4)12-11-22-19(25)10-9-18-13-26-20(23-18)16-5-7-17(21)8-6-16/h5-10,13-15H,11-12H2,1-4H3,(H,22,25)/b10-9+. The van der Waals surface area contributed by atoms with Gasteiger partial charge in [0.05, 0.1) is 5.69 Å². The first kappa shape index (κ1) is 20.3. The lowest BCUT2D eigenvalue weighted by atomic mass is 10.2. The molecule has 0 saturated carbocycles. The molecule has 140 valence electrons. The van der Waals surface area contributed by atoms with Gasteiger partial charge in [-0.15, -0.1) is 11.3 Å². The zero-order valence-electron chi connectivity index (χ0n) is 15.7. The lowest BCUT2D eigenvalue weighted by Crippen LogP contribution is -2.42. The number of halogens is 1. The summed E-state index contributed by atoms with van der Waals surface area (Å²) in [4.78, 5) is 18.8. The van der Waals surface area contributed by atoms with Crippen LogP contribution in [0.2, 0.25) is 0 Å². The molecular formula is C20H26FN3OS. The van der Waals surface area contributed by atoms with Crippen LogP contribution in [0.4, 0.5) is 4.39 Å². The van der Waals surface area contributed by atoms with E-state index in [1.165, 1.54) is 29.5 Å². The zero-order valence-corrected chi connectivity index (χ0v) is 16.5. The molecule has 0 fully saturated rings. The average molecular weight is 376 g/mol. The number of amides is 1. The fourth-order valence-corrected chi connectivity index (χ4v) is 3.52. The number of nitrogens with zero attached hydrogens (tertiary/aromatic N) is 2. The first-order valence-electron chi connectivity index (χ1n) is 8.80. The van der Waals surface area contributed by atoms with Crippen LogP contribution in [0.5, 0.6) is 0 Å². The van der Waals surface area contributed by atoms with E-state index >= 15 is 0 Å². The molecular weight excluding hydrogens is 349 g/mol. The van der Waals surface area contributed by atoms with Crippen molar-refractivity contribution in [1.82, 2.24) is 15.2 Å². The molecule has 0 unspecified atom stereocenters. The molecule has 1 amide bonds. The molecule has 0 aliphatic heterocycles. The number of rotatable bonds is 8. The molecule has 1 N–H and O–H groups in total. The SMILES string of the molecule is CC(C)N(CCNC(=O)/C=C/c1csc(-c2ccc(F)cc2)n1)C(C)C. The number of thiazole rings is 1. The van der Waals surface area contributed by atoms with E-state index in [0.29, 0.717) is 18.6 Å². The molecule has 0 radical (unpaired) electrons. The molecule has 2 aromatic rings. The average Bonchev–Trinajstić information content (AvgIpc) is 3.05. The van der Waals surface area contributed by atoms with Crippen molar-refractivity contribution in [1.29, 1.82) is 0 Å². The highest BCUT2D eigenvalue weighted by Crippen LogP contribution is 2.24. The Labute approximate surface area is 158 Å². The van der Waals surface area contributed by atoms with E-state index in [1.807, 2.05) is 5.38 Å². The summed E-state index contributed by atoms with van der Waals surface area (Å²) in [6.07, 6.45) is 3.19. The summed E-state index contributed by atoms with van der Waals surface area (Å²) in [6.45, 7) is 10.1. The summed E-state index contributed by atoms with van der Waals surface area (Å²) < 4.78 is 13.0. The number of carbonyl (C=O) groups is 1. The lowest BCUT2D eigenvalue weighted by molar-refractivity contribution is -0.116. The second kappa shape index (κ2) is 9.59. The number of aromatic nitrogens is 1. The maximum atomic E-state index is 13.0. The van der Waals surface area contributed by atoms with Crippen molar-refractivity contribution in [2.45, 2.75) is 39.8 Å². The Balaban J connectivity index is 1.85. The minimum atomic E-state index is -0.268. The Kier molecular flexibility index (Phi) is 7.48. The van der Waals surface area contributed by atoms with Crippen molar-refractivity contribution < 1.29 is 9.18 Å². The van der Waals surface area contributed by atoms with Crippen molar-refractivity contribution in [3.05, 3.63) is 47.2 Å². The van der Waals surface area contributed by atoms with Crippen LogP contribution in [0.1, 0.15) is 33.4 Å². The van der Waals surface area contributed by atoms with Gasteiger partial charge in [-0.25, -0.2) is 9.37 Å². The van der Waals surface area contributed by atoms with E-state index in [9.17, 15) is 9.18 Å². The predicted octanol–water partition coefficient (Wildman–Crippen LogP) is 4.20. The van der Waals surface area contributed by atoms with Crippen LogP contribution >= 0.6 is 11.3 Å². The third-order valence-corrected chi connectivity index (χ3v) is 4.92. The molecule has 1 aromatic carbocycles. The Bertz CT molecular complexity index is 730. The van der Waals surface area contributed by atoms with Crippen LogP contribution in [0.15, 0.2) is 35.7 Å². The lowest BCUT2D eigenvalue weighted by Gasteiger charge is -2.30. The van der Waals surface area contributed by atoms with E-state index in [-0.39, 0.29) is 11.7 Å². The van der Waals surface area contributed by atoms with Gasteiger partial charge in [0.1, 0.15) is 10.8 Å². The zero-order chi connectivity index (χ0) is 19.1. The van der Waals surface area contributed by atoms with Crippen molar-refractivity contribution in [2.75, 3.05) is 13.1 Å². The molecule has 0 aliphatic carbocycles. The number of hydrogen-bond donors (Lipinski definition) is 1. The van der Waals surface area contributed by atoms with Gasteiger partial charge in [0, 0.05) is 42.2 Å². The normalized spacial score (nSPS) is 11.8. The number of carbonyl (C=O) groups excluding carboxylic acids is 1. The third kappa shape index (κ3) is 6.04. The topological polar surface area (TPSA) is 45.2 Å². The Hall–Kier alpha value is -2.05. The van der Waals surface area contributed by atoms with E-state index in [1.54, 1.807) is 18.2 Å².